The number of halogens is 2. The number of esters is 1. The highest BCUT2D eigenvalue weighted by Gasteiger charge is 2.23. The Morgan fingerprint density at radius 1 is 1.30 bits per heavy atom. The third-order valence-corrected chi connectivity index (χ3v) is 4.49. The van der Waals surface area contributed by atoms with Gasteiger partial charge in [-0.05, 0) is 43.6 Å². The van der Waals surface area contributed by atoms with Gasteiger partial charge in [0.15, 0.2) is 0 Å². The summed E-state index contributed by atoms with van der Waals surface area (Å²) in [6.45, 7) is 1.70. The highest BCUT2D eigenvalue weighted by Crippen LogP contribution is 2.25. The molecular formula is C15H20Cl2N2O3S. The van der Waals surface area contributed by atoms with Crippen LogP contribution in [0, 0.1) is 0 Å². The summed E-state index contributed by atoms with van der Waals surface area (Å²) in [5.74, 6) is -0.00372. The van der Waals surface area contributed by atoms with Crippen LogP contribution in [0.15, 0.2) is 18.2 Å². The summed E-state index contributed by atoms with van der Waals surface area (Å²) in [7, 11) is 1.30. The molecule has 0 aliphatic heterocycles. The van der Waals surface area contributed by atoms with Crippen molar-refractivity contribution in [3.05, 3.63) is 28.2 Å². The zero-order chi connectivity index (χ0) is 17.4. The lowest BCUT2D eigenvalue weighted by molar-refractivity contribution is -0.145. The summed E-state index contributed by atoms with van der Waals surface area (Å²) in [6.07, 6.45) is 2.45. The summed E-state index contributed by atoms with van der Waals surface area (Å²) < 4.78 is 4.72. The standard InChI is InChI=1S/C15H20Cl2N2O3S/c1-9(18-10-4-5-11(16)12(17)8-10)14(20)19-13(6-7-23-3)15(21)22-2/h4-5,8-9,13,18H,6-7H2,1-3H3,(H,19,20). The number of hydrogen-bond donors (Lipinski definition) is 2. The van der Waals surface area contributed by atoms with Gasteiger partial charge >= 0.3 is 5.97 Å². The molecule has 23 heavy (non-hydrogen) atoms. The minimum Gasteiger partial charge on any atom is -0.467 e. The Bertz CT molecular complexity index is 558. The van der Waals surface area contributed by atoms with Crippen molar-refractivity contribution < 1.29 is 14.3 Å². The van der Waals surface area contributed by atoms with Crippen molar-refractivity contribution in [2.24, 2.45) is 0 Å². The predicted molar refractivity (Wildman–Crippen MR) is 96.5 cm³/mol. The topological polar surface area (TPSA) is 67.4 Å². The molecule has 0 bridgehead atoms. The molecule has 128 valence electrons. The maximum Gasteiger partial charge on any atom is 0.328 e. The fourth-order valence-corrected chi connectivity index (χ4v) is 2.59. The minimum absolute atomic E-state index is 0.299. The molecule has 1 amide bonds. The molecule has 2 N–H and O–H groups in total. The largest absolute Gasteiger partial charge is 0.467 e. The Balaban J connectivity index is 2.66. The number of methoxy groups -OCH3 is 1. The lowest BCUT2D eigenvalue weighted by Crippen LogP contribution is -2.47. The van der Waals surface area contributed by atoms with Crippen LogP contribution >= 0.6 is 35.0 Å². The fraction of sp³-hybridized carbons (Fsp3) is 0.467. The fourth-order valence-electron chi connectivity index (χ4n) is 1.83. The number of thioether (sulfide) groups is 1. The molecule has 0 aliphatic rings. The molecule has 0 aliphatic carbocycles. The Morgan fingerprint density at radius 3 is 2.57 bits per heavy atom. The molecule has 0 heterocycles. The van der Waals surface area contributed by atoms with Crippen LogP contribution in [0.25, 0.3) is 0 Å². The molecule has 1 aromatic rings. The van der Waals surface area contributed by atoms with E-state index >= 15 is 0 Å². The zero-order valence-corrected chi connectivity index (χ0v) is 15.5. The third kappa shape index (κ3) is 6.49. The molecule has 0 saturated carbocycles. The number of anilines is 1. The second-order valence-electron chi connectivity index (χ2n) is 4.86. The lowest BCUT2D eigenvalue weighted by atomic mass is 10.2. The first kappa shape index (κ1) is 19.9. The molecule has 0 spiro atoms. The van der Waals surface area contributed by atoms with Crippen LogP contribution in [0.4, 0.5) is 5.69 Å². The molecule has 0 saturated heterocycles. The first-order valence-electron chi connectivity index (χ1n) is 6.97. The maximum atomic E-state index is 12.2. The van der Waals surface area contributed by atoms with Crippen molar-refractivity contribution >= 4 is 52.5 Å². The van der Waals surface area contributed by atoms with Crippen molar-refractivity contribution in [1.82, 2.24) is 5.32 Å². The van der Waals surface area contributed by atoms with Crippen molar-refractivity contribution in [2.45, 2.75) is 25.4 Å². The van der Waals surface area contributed by atoms with Crippen LogP contribution in [0.3, 0.4) is 0 Å². The predicted octanol–water partition coefficient (Wildman–Crippen LogP) is 3.20. The molecule has 8 heteroatoms. The summed E-state index contributed by atoms with van der Waals surface area (Å²) in [5.41, 5.74) is 0.667. The van der Waals surface area contributed by atoms with Gasteiger partial charge in [-0.3, -0.25) is 4.79 Å². The summed E-state index contributed by atoms with van der Waals surface area (Å²) in [6, 6.07) is 3.81. The molecule has 0 aromatic heterocycles. The van der Waals surface area contributed by atoms with Crippen LogP contribution in [0.2, 0.25) is 10.0 Å². The molecule has 2 atom stereocenters. The highest BCUT2D eigenvalue weighted by molar-refractivity contribution is 7.98. The molecular weight excluding hydrogens is 359 g/mol. The number of hydrogen-bond acceptors (Lipinski definition) is 5. The number of carbonyl (C=O) groups is 2. The van der Waals surface area contributed by atoms with Crippen molar-refractivity contribution in [1.29, 1.82) is 0 Å². The van der Waals surface area contributed by atoms with E-state index in [0.717, 1.165) is 5.75 Å². The van der Waals surface area contributed by atoms with Crippen LogP contribution in [-0.4, -0.2) is 43.1 Å². The summed E-state index contributed by atoms with van der Waals surface area (Å²) in [5, 5.41) is 6.56. The Hall–Kier alpha value is -1.11. The molecule has 0 radical (unpaired) electrons. The van der Waals surface area contributed by atoms with Crippen LogP contribution < -0.4 is 10.6 Å². The molecule has 1 rings (SSSR count). The van der Waals surface area contributed by atoms with Gasteiger partial charge in [-0.15, -0.1) is 0 Å². The average Bonchev–Trinajstić information content (AvgIpc) is 2.53. The van der Waals surface area contributed by atoms with Gasteiger partial charge < -0.3 is 15.4 Å². The van der Waals surface area contributed by atoms with E-state index in [2.05, 4.69) is 10.6 Å². The van der Waals surface area contributed by atoms with Crippen molar-refractivity contribution in [3.8, 4) is 0 Å². The number of carbonyl (C=O) groups excluding carboxylic acids is 2. The van der Waals surface area contributed by atoms with E-state index in [9.17, 15) is 9.59 Å². The summed E-state index contributed by atoms with van der Waals surface area (Å²) >= 11 is 13.4. The highest BCUT2D eigenvalue weighted by atomic mass is 35.5. The molecule has 1 aromatic carbocycles. The van der Waals surface area contributed by atoms with Crippen molar-refractivity contribution in [2.75, 3.05) is 24.4 Å². The number of amides is 1. The van der Waals surface area contributed by atoms with E-state index in [1.807, 2.05) is 6.26 Å². The number of ether oxygens (including phenoxy) is 1. The average molecular weight is 379 g/mol. The van der Waals surface area contributed by atoms with E-state index in [0.29, 0.717) is 22.2 Å². The first-order chi connectivity index (χ1) is 10.9. The normalized spacial score (nSPS) is 13.1. The minimum atomic E-state index is -0.655. The molecule has 5 nitrogen and oxygen atoms in total. The maximum absolute atomic E-state index is 12.2. The van der Waals surface area contributed by atoms with E-state index < -0.39 is 18.1 Å². The molecule has 2 unspecified atom stereocenters. The van der Waals surface area contributed by atoms with E-state index in [1.54, 1.807) is 36.9 Å². The molecule has 0 fully saturated rings. The third-order valence-electron chi connectivity index (χ3n) is 3.11. The van der Waals surface area contributed by atoms with E-state index in [4.69, 9.17) is 27.9 Å². The van der Waals surface area contributed by atoms with Gasteiger partial charge in [-0.2, -0.15) is 11.8 Å². The second kappa shape index (κ2) is 9.90. The lowest BCUT2D eigenvalue weighted by Gasteiger charge is -2.20. The van der Waals surface area contributed by atoms with Gasteiger partial charge in [-0.25, -0.2) is 4.79 Å². The SMILES string of the molecule is COC(=O)C(CCSC)NC(=O)C(C)Nc1ccc(Cl)c(Cl)c1. The first-order valence-corrected chi connectivity index (χ1v) is 9.12. The van der Waals surface area contributed by atoms with E-state index in [-0.39, 0.29) is 5.91 Å². The second-order valence-corrected chi connectivity index (χ2v) is 6.66. The van der Waals surface area contributed by atoms with E-state index in [1.165, 1.54) is 7.11 Å². The Morgan fingerprint density at radius 2 is 2.00 bits per heavy atom. The number of benzene rings is 1. The summed E-state index contributed by atoms with van der Waals surface area (Å²) in [4.78, 5) is 24.0. The van der Waals surface area contributed by atoms with Gasteiger partial charge in [0.25, 0.3) is 0 Å². The smallest absolute Gasteiger partial charge is 0.328 e. The zero-order valence-electron chi connectivity index (χ0n) is 13.2. The van der Waals surface area contributed by atoms with Crippen LogP contribution in [0.5, 0.6) is 0 Å². The van der Waals surface area contributed by atoms with Gasteiger partial charge in [-0.1, -0.05) is 23.2 Å². The Kier molecular flexibility index (Phi) is 8.58. The van der Waals surface area contributed by atoms with Gasteiger partial charge in [0.1, 0.15) is 12.1 Å². The van der Waals surface area contributed by atoms with Gasteiger partial charge in [0.2, 0.25) is 5.91 Å². The number of rotatable bonds is 8. The number of nitrogens with one attached hydrogen (secondary N) is 2. The van der Waals surface area contributed by atoms with Crippen LogP contribution in [-0.2, 0) is 14.3 Å². The van der Waals surface area contributed by atoms with Crippen molar-refractivity contribution in [3.63, 3.8) is 0 Å². The quantitative estimate of drug-likeness (QED) is 0.679. The van der Waals surface area contributed by atoms with Gasteiger partial charge in [0, 0.05) is 5.69 Å². The van der Waals surface area contributed by atoms with Crippen LogP contribution in [0.1, 0.15) is 13.3 Å². The Labute approximate surface area is 150 Å². The van der Waals surface area contributed by atoms with Gasteiger partial charge in [0.05, 0.1) is 17.2 Å². The monoisotopic (exact) mass is 378 g/mol.